The molecule has 1 N–H and O–H groups in total. The van der Waals surface area contributed by atoms with Crippen molar-refractivity contribution < 1.29 is 19.4 Å². The highest BCUT2D eigenvalue weighted by Crippen LogP contribution is 2.09. The van der Waals surface area contributed by atoms with Crippen molar-refractivity contribution in [3.8, 4) is 0 Å². The van der Waals surface area contributed by atoms with Gasteiger partial charge in [0.1, 0.15) is 0 Å². The lowest BCUT2D eigenvalue weighted by molar-refractivity contribution is -0.141. The number of unbranched alkanes of at least 4 members (excludes halogenated alkanes) is 12. The lowest BCUT2D eigenvalue weighted by Gasteiger charge is -2.02. The number of ether oxygens (including phenoxy) is 1. The SMILES string of the molecule is CC(=O)O.CCCCCCCCC=CCCCCCCCCOC(C)=O. The number of rotatable bonds is 16. The Hall–Kier alpha value is -1.32. The molecule has 0 saturated heterocycles. The summed E-state index contributed by atoms with van der Waals surface area (Å²) < 4.78 is 4.91. The molecule has 4 nitrogen and oxygen atoms in total. The number of carboxylic acid groups (broad SMARTS) is 1. The van der Waals surface area contributed by atoms with Crippen molar-refractivity contribution >= 4 is 11.9 Å². The lowest BCUT2D eigenvalue weighted by atomic mass is 10.1. The predicted molar refractivity (Wildman–Crippen MR) is 109 cm³/mol. The molecule has 0 bridgehead atoms. The Morgan fingerprint density at radius 1 is 0.731 bits per heavy atom. The molecule has 0 radical (unpaired) electrons. The molecule has 0 aliphatic carbocycles. The van der Waals surface area contributed by atoms with Crippen molar-refractivity contribution in [1.29, 1.82) is 0 Å². The summed E-state index contributed by atoms with van der Waals surface area (Å²) in [5, 5.41) is 7.42. The zero-order chi connectivity index (χ0) is 19.9. The summed E-state index contributed by atoms with van der Waals surface area (Å²) in [6, 6.07) is 0. The van der Waals surface area contributed by atoms with E-state index in [1.807, 2.05) is 0 Å². The van der Waals surface area contributed by atoms with Crippen LogP contribution in [0.25, 0.3) is 0 Å². The van der Waals surface area contributed by atoms with Gasteiger partial charge >= 0.3 is 5.97 Å². The molecule has 0 saturated carbocycles. The second kappa shape index (κ2) is 23.7. The Kier molecular flexibility index (Phi) is 24.5. The van der Waals surface area contributed by atoms with Gasteiger partial charge in [0.05, 0.1) is 6.61 Å². The Morgan fingerprint density at radius 3 is 1.54 bits per heavy atom. The molecule has 0 rings (SSSR count). The van der Waals surface area contributed by atoms with Gasteiger partial charge in [0, 0.05) is 13.8 Å². The van der Waals surface area contributed by atoms with Crippen LogP contribution < -0.4 is 0 Å². The van der Waals surface area contributed by atoms with Gasteiger partial charge < -0.3 is 9.84 Å². The minimum atomic E-state index is -0.833. The van der Waals surface area contributed by atoms with E-state index in [1.165, 1.54) is 90.4 Å². The smallest absolute Gasteiger partial charge is 0.302 e. The summed E-state index contributed by atoms with van der Waals surface area (Å²) >= 11 is 0. The molecule has 0 atom stereocenters. The standard InChI is InChI=1S/C20H38O2.C2H4O2/c1-3-4-5-6-7-8-9-10-11-12-13-14-15-16-17-18-19-22-20(2)21;1-2(3)4/h10-11H,3-9,12-19H2,1-2H3;1H3,(H,3,4). The third kappa shape index (κ3) is 34.1. The van der Waals surface area contributed by atoms with Crippen molar-refractivity contribution in [2.75, 3.05) is 6.61 Å². The van der Waals surface area contributed by atoms with E-state index in [9.17, 15) is 4.79 Å². The molecule has 154 valence electrons. The normalized spacial score (nSPS) is 10.4. The number of carboxylic acids is 1. The fraction of sp³-hybridized carbons (Fsp3) is 0.818. The molecule has 0 aromatic carbocycles. The van der Waals surface area contributed by atoms with E-state index < -0.39 is 5.97 Å². The molecule has 0 aromatic heterocycles. The molecule has 0 heterocycles. The Morgan fingerprint density at radius 2 is 1.12 bits per heavy atom. The van der Waals surface area contributed by atoms with Crippen LogP contribution in [0.3, 0.4) is 0 Å². The van der Waals surface area contributed by atoms with Gasteiger partial charge in [0.15, 0.2) is 0 Å². The average Bonchev–Trinajstić information content (AvgIpc) is 2.57. The number of esters is 1. The molecule has 0 unspecified atom stereocenters. The summed E-state index contributed by atoms with van der Waals surface area (Å²) in [5.41, 5.74) is 0. The van der Waals surface area contributed by atoms with Gasteiger partial charge in [0.25, 0.3) is 5.97 Å². The molecule has 0 aliphatic heterocycles. The van der Waals surface area contributed by atoms with Crippen LogP contribution >= 0.6 is 0 Å². The van der Waals surface area contributed by atoms with E-state index in [0.29, 0.717) is 6.61 Å². The van der Waals surface area contributed by atoms with Crippen molar-refractivity contribution in [3.05, 3.63) is 12.2 Å². The fourth-order valence-corrected chi connectivity index (χ4v) is 2.57. The van der Waals surface area contributed by atoms with Crippen LogP contribution in [0, 0.1) is 0 Å². The van der Waals surface area contributed by atoms with Gasteiger partial charge in [-0.2, -0.15) is 0 Å². The first kappa shape index (κ1) is 26.9. The van der Waals surface area contributed by atoms with Gasteiger partial charge in [-0.3, -0.25) is 9.59 Å². The predicted octanol–water partition coefficient (Wildman–Crippen LogP) is 6.68. The number of allylic oxidation sites excluding steroid dienone is 2. The van der Waals surface area contributed by atoms with Crippen LogP contribution in [-0.2, 0) is 14.3 Å². The molecule has 0 aliphatic rings. The third-order valence-corrected chi connectivity index (χ3v) is 3.96. The highest BCUT2D eigenvalue weighted by atomic mass is 16.5. The zero-order valence-corrected chi connectivity index (χ0v) is 17.4. The lowest BCUT2D eigenvalue weighted by Crippen LogP contribution is -1.99. The van der Waals surface area contributed by atoms with Gasteiger partial charge in [-0.15, -0.1) is 0 Å². The number of carbonyl (C=O) groups excluding carboxylic acids is 1. The van der Waals surface area contributed by atoms with Crippen molar-refractivity contribution in [2.24, 2.45) is 0 Å². The summed E-state index contributed by atoms with van der Waals surface area (Å²) in [5.74, 6) is -0.993. The van der Waals surface area contributed by atoms with Gasteiger partial charge in [0.2, 0.25) is 0 Å². The second-order valence-corrected chi connectivity index (χ2v) is 6.80. The van der Waals surface area contributed by atoms with Gasteiger partial charge in [-0.05, 0) is 32.1 Å². The highest BCUT2D eigenvalue weighted by Gasteiger charge is 1.94. The van der Waals surface area contributed by atoms with E-state index >= 15 is 0 Å². The summed E-state index contributed by atoms with van der Waals surface area (Å²) in [6.45, 7) is 5.42. The van der Waals surface area contributed by atoms with Crippen molar-refractivity contribution in [1.82, 2.24) is 0 Å². The van der Waals surface area contributed by atoms with Crippen LogP contribution in [0.15, 0.2) is 12.2 Å². The topological polar surface area (TPSA) is 63.6 Å². The number of hydrogen-bond acceptors (Lipinski definition) is 3. The molecular weight excluding hydrogens is 328 g/mol. The first-order valence-electron chi connectivity index (χ1n) is 10.5. The maximum absolute atomic E-state index is 10.6. The second-order valence-electron chi connectivity index (χ2n) is 6.80. The highest BCUT2D eigenvalue weighted by molar-refractivity contribution is 5.65. The number of hydrogen-bond donors (Lipinski definition) is 1. The first-order valence-corrected chi connectivity index (χ1v) is 10.5. The van der Waals surface area contributed by atoms with Crippen LogP contribution in [0.1, 0.15) is 111 Å². The molecule has 26 heavy (non-hydrogen) atoms. The van der Waals surface area contributed by atoms with E-state index in [1.54, 1.807) is 0 Å². The molecular formula is C22H42O4. The maximum Gasteiger partial charge on any atom is 0.302 e. The third-order valence-electron chi connectivity index (χ3n) is 3.96. The Bertz CT molecular complexity index is 333. The molecule has 0 spiro atoms. The van der Waals surface area contributed by atoms with Crippen molar-refractivity contribution in [3.63, 3.8) is 0 Å². The largest absolute Gasteiger partial charge is 0.481 e. The molecule has 4 heteroatoms. The van der Waals surface area contributed by atoms with Crippen LogP contribution in [0.4, 0.5) is 0 Å². The fourth-order valence-electron chi connectivity index (χ4n) is 2.57. The minimum Gasteiger partial charge on any atom is -0.481 e. The quantitative estimate of drug-likeness (QED) is 0.187. The van der Waals surface area contributed by atoms with E-state index in [2.05, 4.69) is 19.1 Å². The van der Waals surface area contributed by atoms with Crippen molar-refractivity contribution in [2.45, 2.75) is 111 Å². The van der Waals surface area contributed by atoms with Crippen LogP contribution in [0.2, 0.25) is 0 Å². The maximum atomic E-state index is 10.6. The van der Waals surface area contributed by atoms with E-state index in [4.69, 9.17) is 14.6 Å². The van der Waals surface area contributed by atoms with Crippen LogP contribution in [-0.4, -0.2) is 23.7 Å². The summed E-state index contributed by atoms with van der Waals surface area (Å²) in [7, 11) is 0. The molecule has 0 aromatic rings. The molecule has 0 fully saturated rings. The molecule has 0 amide bonds. The Balaban J connectivity index is 0. The van der Waals surface area contributed by atoms with Gasteiger partial charge in [-0.25, -0.2) is 0 Å². The van der Waals surface area contributed by atoms with Gasteiger partial charge in [-0.1, -0.05) is 76.9 Å². The van der Waals surface area contributed by atoms with Crippen LogP contribution in [0.5, 0.6) is 0 Å². The number of aliphatic carboxylic acids is 1. The summed E-state index contributed by atoms with van der Waals surface area (Å²) in [4.78, 5) is 19.6. The minimum absolute atomic E-state index is 0.159. The number of carbonyl (C=O) groups is 2. The van der Waals surface area contributed by atoms with E-state index in [0.717, 1.165) is 13.3 Å². The summed E-state index contributed by atoms with van der Waals surface area (Å²) in [6.07, 6.45) is 23.0. The first-order chi connectivity index (χ1) is 12.5. The van der Waals surface area contributed by atoms with E-state index in [-0.39, 0.29) is 5.97 Å². The Labute approximate surface area is 161 Å². The monoisotopic (exact) mass is 370 g/mol. The average molecular weight is 371 g/mol. The zero-order valence-electron chi connectivity index (χ0n) is 17.4.